The minimum Gasteiger partial charge on any atom is -0.294 e. The lowest BCUT2D eigenvalue weighted by molar-refractivity contribution is -0.141. The molecular formula is C12H12N4O4S. The first-order chi connectivity index (χ1) is 9.69. The van der Waals surface area contributed by atoms with Crippen molar-refractivity contribution >= 4 is 21.8 Å². The number of piperazine rings is 1. The number of amides is 2. The fourth-order valence-electron chi connectivity index (χ4n) is 1.87. The molecular weight excluding hydrogens is 296 g/mol. The predicted octanol–water partition coefficient (Wildman–Crippen LogP) is -0.621. The first-order valence-corrected chi connectivity index (χ1v) is 7.37. The van der Waals surface area contributed by atoms with Gasteiger partial charge in [0.1, 0.15) is 22.2 Å². The van der Waals surface area contributed by atoms with Gasteiger partial charge >= 0.3 is 0 Å². The molecule has 1 aliphatic rings. The Kier molecular flexibility index (Phi) is 3.52. The van der Waals surface area contributed by atoms with E-state index in [0.29, 0.717) is 0 Å². The molecule has 8 nitrogen and oxygen atoms in total. The van der Waals surface area contributed by atoms with Crippen molar-refractivity contribution in [1.29, 1.82) is 5.26 Å². The molecule has 21 heavy (non-hydrogen) atoms. The Hall–Kier alpha value is -2.31. The fraction of sp³-hybridized carbons (Fsp3) is 0.333. The summed E-state index contributed by atoms with van der Waals surface area (Å²) < 4.78 is 26.0. The molecule has 2 rings (SSSR count). The number of hydrogen-bond acceptors (Lipinski definition) is 6. The van der Waals surface area contributed by atoms with Crippen LogP contribution in [0.3, 0.4) is 0 Å². The van der Waals surface area contributed by atoms with Crippen LogP contribution in [0.1, 0.15) is 19.5 Å². The highest BCUT2D eigenvalue weighted by molar-refractivity contribution is 7.89. The Morgan fingerprint density at radius 3 is 2.57 bits per heavy atom. The van der Waals surface area contributed by atoms with E-state index in [1.807, 2.05) is 0 Å². The molecule has 1 saturated heterocycles. The van der Waals surface area contributed by atoms with Gasteiger partial charge in [0, 0.05) is 6.20 Å². The molecule has 1 aromatic rings. The van der Waals surface area contributed by atoms with Crippen LogP contribution in [0.4, 0.5) is 0 Å². The molecule has 0 radical (unpaired) electrons. The molecule has 0 atom stereocenters. The highest BCUT2D eigenvalue weighted by Gasteiger charge is 2.47. The van der Waals surface area contributed by atoms with Crippen molar-refractivity contribution in [2.75, 3.05) is 6.54 Å². The van der Waals surface area contributed by atoms with Crippen molar-refractivity contribution in [3.05, 3.63) is 24.0 Å². The van der Waals surface area contributed by atoms with E-state index in [1.165, 1.54) is 26.0 Å². The molecule has 0 aromatic carbocycles. The normalized spacial score (nSPS) is 18.9. The first kappa shape index (κ1) is 15.1. The molecule has 1 aliphatic heterocycles. The van der Waals surface area contributed by atoms with Gasteiger partial charge in [-0.25, -0.2) is 13.4 Å². The van der Waals surface area contributed by atoms with E-state index >= 15 is 0 Å². The lowest BCUT2D eigenvalue weighted by Gasteiger charge is -2.38. The van der Waals surface area contributed by atoms with Gasteiger partial charge in [-0.05, 0) is 26.0 Å². The van der Waals surface area contributed by atoms with Crippen LogP contribution >= 0.6 is 0 Å². The standard InChI is InChI=1S/C12H12N4O4S/c1-12(2)11(18)15-10(17)7-16(12)21(19,20)9-4-3-8(5-13)14-6-9/h3-4,6H,7H2,1-2H3,(H,15,17,18). The third-order valence-electron chi connectivity index (χ3n) is 3.16. The van der Waals surface area contributed by atoms with Gasteiger partial charge in [-0.2, -0.15) is 9.57 Å². The largest absolute Gasteiger partial charge is 0.294 e. The number of nitrogens with zero attached hydrogens (tertiary/aromatic N) is 3. The average Bonchev–Trinajstić information content (AvgIpc) is 2.43. The van der Waals surface area contributed by atoms with Crippen LogP contribution in [0.2, 0.25) is 0 Å². The fourth-order valence-corrected chi connectivity index (χ4v) is 3.52. The number of rotatable bonds is 2. The van der Waals surface area contributed by atoms with Crippen molar-refractivity contribution in [2.24, 2.45) is 0 Å². The third-order valence-corrected chi connectivity index (χ3v) is 5.16. The van der Waals surface area contributed by atoms with Crippen LogP contribution in [0.5, 0.6) is 0 Å². The van der Waals surface area contributed by atoms with Crippen molar-refractivity contribution in [3.63, 3.8) is 0 Å². The number of aromatic nitrogens is 1. The molecule has 2 heterocycles. The maximum atomic E-state index is 12.6. The molecule has 0 bridgehead atoms. The van der Waals surface area contributed by atoms with Crippen molar-refractivity contribution in [2.45, 2.75) is 24.3 Å². The van der Waals surface area contributed by atoms with E-state index in [2.05, 4.69) is 10.3 Å². The van der Waals surface area contributed by atoms with Crippen LogP contribution in [0.15, 0.2) is 23.2 Å². The van der Waals surface area contributed by atoms with Gasteiger partial charge in [0.2, 0.25) is 21.8 Å². The van der Waals surface area contributed by atoms with Crippen LogP contribution in [-0.2, 0) is 19.6 Å². The number of imide groups is 1. The smallest absolute Gasteiger partial charge is 0.247 e. The summed E-state index contributed by atoms with van der Waals surface area (Å²) in [4.78, 5) is 26.8. The number of nitriles is 1. The van der Waals surface area contributed by atoms with Crippen LogP contribution in [0, 0.1) is 11.3 Å². The molecule has 1 N–H and O–H groups in total. The number of carbonyl (C=O) groups is 2. The maximum absolute atomic E-state index is 12.6. The Morgan fingerprint density at radius 2 is 2.05 bits per heavy atom. The topological polar surface area (TPSA) is 120 Å². The third kappa shape index (κ3) is 2.51. The van der Waals surface area contributed by atoms with Gasteiger partial charge in [-0.15, -0.1) is 0 Å². The summed E-state index contributed by atoms with van der Waals surface area (Å²) in [6.45, 7) is 2.36. The average molecular weight is 308 g/mol. The Balaban J connectivity index is 2.48. The Labute approximate surface area is 121 Å². The second-order valence-corrected chi connectivity index (χ2v) is 6.80. The molecule has 0 saturated carbocycles. The number of sulfonamides is 1. The van der Waals surface area contributed by atoms with E-state index in [-0.39, 0.29) is 10.6 Å². The minimum absolute atomic E-state index is 0.0701. The quantitative estimate of drug-likeness (QED) is 0.727. The second-order valence-electron chi connectivity index (χ2n) is 4.94. The number of nitrogens with one attached hydrogen (secondary N) is 1. The van der Waals surface area contributed by atoms with Gasteiger partial charge < -0.3 is 0 Å². The van der Waals surface area contributed by atoms with Crippen LogP contribution < -0.4 is 5.32 Å². The summed E-state index contributed by atoms with van der Waals surface area (Å²) in [6, 6.07) is 4.25. The molecule has 0 spiro atoms. The predicted molar refractivity (Wildman–Crippen MR) is 70.1 cm³/mol. The van der Waals surface area contributed by atoms with Crippen molar-refractivity contribution < 1.29 is 18.0 Å². The van der Waals surface area contributed by atoms with Gasteiger partial charge in [0.05, 0.1) is 6.54 Å². The van der Waals surface area contributed by atoms with E-state index in [1.54, 1.807) is 6.07 Å². The summed E-state index contributed by atoms with van der Waals surface area (Å²) in [5, 5.41) is 10.8. The summed E-state index contributed by atoms with van der Waals surface area (Å²) in [7, 11) is -4.08. The molecule has 2 amide bonds. The number of carbonyl (C=O) groups excluding carboxylic acids is 2. The zero-order chi connectivity index (χ0) is 15.8. The second kappa shape index (κ2) is 4.91. The maximum Gasteiger partial charge on any atom is 0.247 e. The van der Waals surface area contributed by atoms with Crippen LogP contribution in [-0.4, -0.2) is 41.6 Å². The molecule has 0 unspecified atom stereocenters. The summed E-state index contributed by atoms with van der Waals surface area (Å²) in [5.41, 5.74) is -1.33. The van der Waals surface area contributed by atoms with Crippen molar-refractivity contribution in [1.82, 2.24) is 14.6 Å². The molecule has 1 aromatic heterocycles. The Morgan fingerprint density at radius 1 is 1.38 bits per heavy atom. The molecule has 9 heteroatoms. The number of hydrogen-bond donors (Lipinski definition) is 1. The van der Waals surface area contributed by atoms with E-state index in [4.69, 9.17) is 5.26 Å². The minimum atomic E-state index is -4.08. The van der Waals surface area contributed by atoms with Gasteiger partial charge in [0.15, 0.2) is 0 Å². The van der Waals surface area contributed by atoms with Crippen LogP contribution in [0.25, 0.3) is 0 Å². The lowest BCUT2D eigenvalue weighted by Crippen LogP contribution is -2.65. The summed E-state index contributed by atoms with van der Waals surface area (Å²) >= 11 is 0. The molecule has 0 aliphatic carbocycles. The zero-order valence-electron chi connectivity index (χ0n) is 11.3. The van der Waals surface area contributed by atoms with Gasteiger partial charge in [0.25, 0.3) is 0 Å². The zero-order valence-corrected chi connectivity index (χ0v) is 12.1. The molecule has 110 valence electrons. The highest BCUT2D eigenvalue weighted by atomic mass is 32.2. The summed E-state index contributed by atoms with van der Waals surface area (Å²) in [6.07, 6.45) is 1.03. The van der Waals surface area contributed by atoms with E-state index in [0.717, 1.165) is 10.5 Å². The van der Waals surface area contributed by atoms with E-state index in [9.17, 15) is 18.0 Å². The first-order valence-electron chi connectivity index (χ1n) is 5.93. The lowest BCUT2D eigenvalue weighted by atomic mass is 10.0. The Bertz CT molecular complexity index is 746. The summed E-state index contributed by atoms with van der Waals surface area (Å²) in [5.74, 6) is -1.38. The SMILES string of the molecule is CC1(C)C(=O)NC(=O)CN1S(=O)(=O)c1ccc(C#N)nc1. The monoisotopic (exact) mass is 308 g/mol. The van der Waals surface area contributed by atoms with Gasteiger partial charge in [-0.3, -0.25) is 14.9 Å². The van der Waals surface area contributed by atoms with E-state index < -0.39 is 33.9 Å². The van der Waals surface area contributed by atoms with Gasteiger partial charge in [-0.1, -0.05) is 0 Å². The number of pyridine rings is 1. The molecule has 1 fully saturated rings. The highest BCUT2D eigenvalue weighted by Crippen LogP contribution is 2.26. The van der Waals surface area contributed by atoms with Crippen molar-refractivity contribution in [3.8, 4) is 6.07 Å².